The van der Waals surface area contributed by atoms with Crippen LogP contribution in [0.2, 0.25) is 0 Å². The second-order valence-corrected chi connectivity index (χ2v) is 6.76. The molecule has 0 amide bonds. The van der Waals surface area contributed by atoms with Crippen molar-refractivity contribution in [3.63, 3.8) is 0 Å². The Morgan fingerprint density at radius 2 is 2.05 bits per heavy atom. The van der Waals surface area contributed by atoms with Crippen LogP contribution in [0, 0.1) is 5.82 Å². The first-order valence-electron chi connectivity index (χ1n) is 7.21. The van der Waals surface area contributed by atoms with E-state index in [1.807, 2.05) is 12.1 Å². The van der Waals surface area contributed by atoms with Gasteiger partial charge < -0.3 is 5.73 Å². The smallest absolute Gasteiger partial charge is 0.128 e. The molecule has 1 fully saturated rings. The van der Waals surface area contributed by atoms with Gasteiger partial charge in [-0.25, -0.2) is 4.39 Å². The van der Waals surface area contributed by atoms with Gasteiger partial charge >= 0.3 is 0 Å². The molecule has 6 heteroatoms. The first-order valence-corrected chi connectivity index (χ1v) is 8.41. The lowest BCUT2D eigenvalue weighted by molar-refractivity contribution is 0.111. The van der Waals surface area contributed by atoms with Crippen LogP contribution in [0.15, 0.2) is 22.7 Å². The van der Waals surface area contributed by atoms with Gasteiger partial charge in [-0.1, -0.05) is 41.1 Å². The number of rotatable bonds is 5. The molecule has 1 aromatic carbocycles. The van der Waals surface area contributed by atoms with Crippen molar-refractivity contribution < 1.29 is 4.39 Å². The number of piperazine rings is 1. The lowest BCUT2D eigenvalue weighted by Crippen LogP contribution is -2.53. The lowest BCUT2D eigenvalue weighted by atomic mass is 10.1. The molecule has 3 nitrogen and oxygen atoms in total. The Bertz CT molecular complexity index is 504. The number of hydrogen-bond acceptors (Lipinski definition) is 3. The minimum absolute atomic E-state index is 0.152. The molecule has 1 atom stereocenters. The summed E-state index contributed by atoms with van der Waals surface area (Å²) in [5, 5.41) is 0. The minimum atomic E-state index is -0.152. The van der Waals surface area contributed by atoms with Gasteiger partial charge in [-0.2, -0.15) is 0 Å². The van der Waals surface area contributed by atoms with E-state index in [2.05, 4.69) is 32.7 Å². The van der Waals surface area contributed by atoms with Crippen LogP contribution in [0.25, 0.3) is 0 Å². The topological polar surface area (TPSA) is 32.5 Å². The first kappa shape index (κ1) is 16.8. The highest BCUT2D eigenvalue weighted by Gasteiger charge is 2.24. The van der Waals surface area contributed by atoms with Crippen LogP contribution in [0.3, 0.4) is 0 Å². The molecule has 0 bridgehead atoms. The molecule has 0 spiro atoms. The van der Waals surface area contributed by atoms with Crippen LogP contribution in [0.4, 0.5) is 4.39 Å². The van der Waals surface area contributed by atoms with E-state index in [4.69, 9.17) is 18.0 Å². The van der Waals surface area contributed by atoms with Gasteiger partial charge in [0, 0.05) is 42.8 Å². The van der Waals surface area contributed by atoms with Crippen molar-refractivity contribution in [1.29, 1.82) is 0 Å². The highest BCUT2D eigenvalue weighted by atomic mass is 79.9. The molecule has 2 N–H and O–H groups in total. The fourth-order valence-corrected chi connectivity index (χ4v) is 3.41. The van der Waals surface area contributed by atoms with Crippen LogP contribution in [0.1, 0.15) is 18.9 Å². The van der Waals surface area contributed by atoms with E-state index >= 15 is 0 Å². The van der Waals surface area contributed by atoms with Crippen LogP contribution < -0.4 is 5.73 Å². The van der Waals surface area contributed by atoms with E-state index in [-0.39, 0.29) is 11.9 Å². The van der Waals surface area contributed by atoms with Gasteiger partial charge in [-0.3, -0.25) is 9.80 Å². The molecule has 0 aliphatic carbocycles. The number of halogens is 2. The Labute approximate surface area is 139 Å². The predicted molar refractivity (Wildman–Crippen MR) is 91.8 cm³/mol. The maximum absolute atomic E-state index is 13.9. The molecule has 0 radical (unpaired) electrons. The van der Waals surface area contributed by atoms with Crippen molar-refractivity contribution in [2.24, 2.45) is 5.73 Å². The highest BCUT2D eigenvalue weighted by Crippen LogP contribution is 2.18. The van der Waals surface area contributed by atoms with Crippen LogP contribution >= 0.6 is 28.1 Å². The molecule has 2 rings (SSSR count). The quantitative estimate of drug-likeness (QED) is 0.804. The second kappa shape index (κ2) is 7.63. The second-order valence-electron chi connectivity index (χ2n) is 5.37. The number of nitrogens with zero attached hydrogens (tertiary/aromatic N) is 2. The summed E-state index contributed by atoms with van der Waals surface area (Å²) in [6.45, 7) is 6.43. The fourth-order valence-electron chi connectivity index (χ4n) is 2.76. The van der Waals surface area contributed by atoms with Gasteiger partial charge in [0.05, 0.1) is 11.0 Å². The summed E-state index contributed by atoms with van der Waals surface area (Å²) in [7, 11) is 0. The SMILES string of the molecule is CCC(C(N)=S)N1CCN(Cc2ccc(Br)cc2F)CC1. The van der Waals surface area contributed by atoms with Crippen LogP contribution in [-0.4, -0.2) is 47.0 Å². The summed E-state index contributed by atoms with van der Waals surface area (Å²) in [5.41, 5.74) is 6.54. The van der Waals surface area contributed by atoms with Gasteiger partial charge in [-0.05, 0) is 18.6 Å². The molecule has 1 aliphatic heterocycles. The standard InChI is InChI=1S/C15H21BrFN3S/c1-2-14(15(18)21)20-7-5-19(6-8-20)10-11-3-4-12(16)9-13(11)17/h3-4,9,14H,2,5-8,10H2,1H3,(H2,18,21). The lowest BCUT2D eigenvalue weighted by Gasteiger charge is -2.38. The van der Waals surface area contributed by atoms with Crippen molar-refractivity contribution in [2.75, 3.05) is 26.2 Å². The van der Waals surface area contributed by atoms with Gasteiger partial charge in [-0.15, -0.1) is 0 Å². The predicted octanol–water partition coefficient (Wildman–Crippen LogP) is 2.77. The van der Waals surface area contributed by atoms with Gasteiger partial charge in [0.1, 0.15) is 5.82 Å². The van der Waals surface area contributed by atoms with Crippen molar-refractivity contribution >= 4 is 33.1 Å². The molecule has 116 valence electrons. The summed E-state index contributed by atoms with van der Waals surface area (Å²) in [5.74, 6) is -0.152. The van der Waals surface area contributed by atoms with Gasteiger partial charge in [0.15, 0.2) is 0 Å². The van der Waals surface area contributed by atoms with Gasteiger partial charge in [0.2, 0.25) is 0 Å². The summed E-state index contributed by atoms with van der Waals surface area (Å²) < 4.78 is 14.6. The molecule has 0 saturated carbocycles. The molecular formula is C15H21BrFN3S. The van der Waals surface area contributed by atoms with E-state index in [1.54, 1.807) is 0 Å². The third-order valence-corrected chi connectivity index (χ3v) is 4.74. The molecule has 1 unspecified atom stereocenters. The Kier molecular flexibility index (Phi) is 6.10. The molecule has 1 saturated heterocycles. The zero-order valence-corrected chi connectivity index (χ0v) is 14.6. The van der Waals surface area contributed by atoms with Crippen molar-refractivity contribution in [3.05, 3.63) is 34.1 Å². The van der Waals surface area contributed by atoms with Gasteiger partial charge in [0.25, 0.3) is 0 Å². The molecule has 1 aliphatic rings. The third kappa shape index (κ3) is 4.45. The van der Waals surface area contributed by atoms with Crippen molar-refractivity contribution in [1.82, 2.24) is 9.80 Å². The highest BCUT2D eigenvalue weighted by molar-refractivity contribution is 9.10. The summed E-state index contributed by atoms with van der Waals surface area (Å²) >= 11 is 8.41. The van der Waals surface area contributed by atoms with E-state index in [9.17, 15) is 4.39 Å². The average Bonchev–Trinajstić information content (AvgIpc) is 2.44. The Hall–Kier alpha value is -0.560. The molecule has 1 aromatic rings. The number of nitrogens with two attached hydrogens (primary N) is 1. The monoisotopic (exact) mass is 373 g/mol. The molecule has 21 heavy (non-hydrogen) atoms. The van der Waals surface area contributed by atoms with E-state index in [0.29, 0.717) is 11.5 Å². The third-order valence-electron chi connectivity index (χ3n) is 3.97. The largest absolute Gasteiger partial charge is 0.392 e. The summed E-state index contributed by atoms with van der Waals surface area (Å²) in [6, 6.07) is 5.43. The van der Waals surface area contributed by atoms with Crippen molar-refractivity contribution in [2.45, 2.75) is 25.9 Å². The molecule has 1 heterocycles. The Balaban J connectivity index is 1.91. The Morgan fingerprint density at radius 1 is 1.38 bits per heavy atom. The summed E-state index contributed by atoms with van der Waals surface area (Å²) in [4.78, 5) is 5.18. The van der Waals surface area contributed by atoms with E-state index < -0.39 is 0 Å². The maximum Gasteiger partial charge on any atom is 0.128 e. The van der Waals surface area contributed by atoms with E-state index in [0.717, 1.165) is 42.6 Å². The normalized spacial score (nSPS) is 18.6. The van der Waals surface area contributed by atoms with E-state index in [1.165, 1.54) is 6.07 Å². The molecule has 0 aromatic heterocycles. The van der Waals surface area contributed by atoms with Crippen molar-refractivity contribution in [3.8, 4) is 0 Å². The first-order chi connectivity index (χ1) is 10.0. The zero-order valence-electron chi connectivity index (χ0n) is 12.2. The number of thiocarbonyl (C=S) groups is 1. The number of benzene rings is 1. The minimum Gasteiger partial charge on any atom is -0.392 e. The maximum atomic E-state index is 13.9. The number of hydrogen-bond donors (Lipinski definition) is 1. The fraction of sp³-hybridized carbons (Fsp3) is 0.533. The zero-order chi connectivity index (χ0) is 15.4. The summed E-state index contributed by atoms with van der Waals surface area (Å²) in [6.07, 6.45) is 0.941. The molecular weight excluding hydrogens is 353 g/mol. The van der Waals surface area contributed by atoms with Crippen LogP contribution in [-0.2, 0) is 6.54 Å². The van der Waals surface area contributed by atoms with Crippen LogP contribution in [0.5, 0.6) is 0 Å². The average molecular weight is 374 g/mol. The Morgan fingerprint density at radius 3 is 2.57 bits per heavy atom.